The first-order valence-corrected chi connectivity index (χ1v) is 25.9. The summed E-state index contributed by atoms with van der Waals surface area (Å²) in [6.45, 7) is 9.91. The van der Waals surface area contributed by atoms with E-state index in [0.717, 1.165) is 62.5 Å². The van der Waals surface area contributed by atoms with Crippen LogP contribution in [-0.4, -0.2) is 113 Å². The van der Waals surface area contributed by atoms with Gasteiger partial charge in [0.2, 0.25) is 35.4 Å². The van der Waals surface area contributed by atoms with Gasteiger partial charge < -0.3 is 46.9 Å². The first-order chi connectivity index (χ1) is 34.4. The lowest BCUT2D eigenvalue weighted by molar-refractivity contribution is -0.144. The number of para-hydroxylation sites is 1. The van der Waals surface area contributed by atoms with Crippen LogP contribution >= 0.6 is 11.3 Å². The van der Waals surface area contributed by atoms with E-state index in [-0.39, 0.29) is 63.3 Å². The van der Waals surface area contributed by atoms with E-state index in [1.807, 2.05) is 107 Å². The molecular formula is C54H70N8O9S. The summed E-state index contributed by atoms with van der Waals surface area (Å²) in [7, 11) is 0. The predicted molar refractivity (Wildman–Crippen MR) is 274 cm³/mol. The number of nitrogens with zero attached hydrogens (tertiary/aromatic N) is 3. The molecule has 0 radical (unpaired) electrons. The smallest absolute Gasteiger partial charge is 0.246 e. The molecule has 4 heterocycles. The fourth-order valence-corrected chi connectivity index (χ4v) is 10.5. The van der Waals surface area contributed by atoms with Crippen LogP contribution in [0.4, 0.5) is 5.69 Å². The Labute approximate surface area is 425 Å². The van der Waals surface area contributed by atoms with Crippen molar-refractivity contribution in [2.45, 2.75) is 148 Å². The average Bonchev–Trinajstić information content (AvgIpc) is 4.07. The Morgan fingerprint density at radius 2 is 1.64 bits per heavy atom. The molecular weight excluding hydrogens is 937 g/mol. The SMILES string of the molecule is Cc1ncsc1-c1ccc(CNC(=O)[C@@H]2C[C@@H](O)CN2C(=O)[C@@H](NC(=O)COCCCCc2ccc(CO[C@H](C)[C@H](CCC(N)=O)NC(=O)[C@@H]3Cc4cccc5c4N3C(=O)[C@@H](N)CC5)cc2)C(C)(C)C)cc1. The van der Waals surface area contributed by atoms with Gasteiger partial charge in [0.25, 0.3) is 0 Å². The van der Waals surface area contributed by atoms with Gasteiger partial charge in [0.05, 0.1) is 52.7 Å². The Balaban J connectivity index is 0.823. The molecule has 0 unspecified atom stereocenters. The number of carbonyl (C=O) groups excluding carboxylic acids is 6. The number of amides is 6. The van der Waals surface area contributed by atoms with Crippen LogP contribution in [0.5, 0.6) is 0 Å². The van der Waals surface area contributed by atoms with E-state index in [1.54, 1.807) is 16.2 Å². The molecule has 3 aliphatic heterocycles. The van der Waals surface area contributed by atoms with Gasteiger partial charge in [-0.1, -0.05) is 87.5 Å². The van der Waals surface area contributed by atoms with Gasteiger partial charge in [-0.2, -0.15) is 0 Å². The van der Waals surface area contributed by atoms with Crippen molar-refractivity contribution < 1.29 is 43.3 Å². The highest BCUT2D eigenvalue weighted by molar-refractivity contribution is 7.13. The highest BCUT2D eigenvalue weighted by Gasteiger charge is 2.45. The molecule has 1 aromatic heterocycles. The molecule has 8 N–H and O–H groups in total. The van der Waals surface area contributed by atoms with Gasteiger partial charge in [-0.3, -0.25) is 33.7 Å². The van der Waals surface area contributed by atoms with Crippen LogP contribution in [0.2, 0.25) is 0 Å². The van der Waals surface area contributed by atoms with Crippen LogP contribution in [0.25, 0.3) is 10.4 Å². The van der Waals surface area contributed by atoms with Gasteiger partial charge >= 0.3 is 0 Å². The molecule has 7 atom stereocenters. The summed E-state index contributed by atoms with van der Waals surface area (Å²) >= 11 is 1.57. The molecule has 3 aliphatic rings. The number of β-amino-alcohol motifs (C(OH)–C–C–N with tert-alkyl or cyclic N) is 1. The number of nitrogens with one attached hydrogen (secondary N) is 3. The van der Waals surface area contributed by atoms with Crippen LogP contribution in [0.1, 0.15) is 99.7 Å². The third kappa shape index (κ3) is 13.5. The van der Waals surface area contributed by atoms with Gasteiger partial charge in [-0.05, 0) is 91.2 Å². The van der Waals surface area contributed by atoms with Crippen molar-refractivity contribution in [1.82, 2.24) is 25.8 Å². The molecule has 0 saturated carbocycles. The lowest BCUT2D eigenvalue weighted by Crippen LogP contribution is -2.58. The molecule has 0 bridgehead atoms. The number of benzene rings is 3. The molecule has 18 heteroatoms. The third-order valence-corrected chi connectivity index (χ3v) is 14.8. The number of aromatic nitrogens is 1. The van der Waals surface area contributed by atoms with Gasteiger partial charge in [0.1, 0.15) is 24.7 Å². The summed E-state index contributed by atoms with van der Waals surface area (Å²) < 4.78 is 12.0. The fraction of sp³-hybridized carbons (Fsp3) is 0.500. The monoisotopic (exact) mass is 1010 g/mol. The molecule has 17 nitrogen and oxygen atoms in total. The summed E-state index contributed by atoms with van der Waals surface area (Å²) in [5, 5.41) is 19.4. The zero-order valence-corrected chi connectivity index (χ0v) is 42.8. The molecule has 1 saturated heterocycles. The number of aryl methyl sites for hydroxylation is 3. The molecule has 7 rings (SSSR count). The number of thiazole rings is 1. The van der Waals surface area contributed by atoms with E-state index in [2.05, 4.69) is 20.9 Å². The lowest BCUT2D eigenvalue weighted by atomic mass is 9.85. The van der Waals surface area contributed by atoms with Crippen LogP contribution in [-0.2, 0) is 70.7 Å². The average molecular weight is 1010 g/mol. The van der Waals surface area contributed by atoms with Crippen molar-refractivity contribution in [2.24, 2.45) is 16.9 Å². The van der Waals surface area contributed by atoms with Crippen LogP contribution in [0.15, 0.2) is 72.2 Å². The minimum atomic E-state index is -0.963. The maximum Gasteiger partial charge on any atom is 0.246 e. The van der Waals surface area contributed by atoms with Gasteiger partial charge in [0, 0.05) is 39.0 Å². The highest BCUT2D eigenvalue weighted by Crippen LogP contribution is 2.39. The van der Waals surface area contributed by atoms with Crippen LogP contribution < -0.4 is 32.3 Å². The highest BCUT2D eigenvalue weighted by atomic mass is 32.1. The summed E-state index contributed by atoms with van der Waals surface area (Å²) in [4.78, 5) is 88.1. The van der Waals surface area contributed by atoms with Crippen LogP contribution in [0, 0.1) is 12.3 Å². The standard InChI is InChI=1S/C54H70N8O9S/c1-32-48(72-31-58-32)38-18-16-35(17-19-38)27-57-50(66)43-26-40(63)28-61(43)53(69)49(54(3,4)5)60-46(65)30-70-24-7-6-9-34-12-14-36(15-13-34)29-71-33(2)42(22-23-45(56)64)59-51(67)44-25-39-11-8-10-37-20-21-41(55)52(68)62(44)47(37)39/h8,10-19,31,33,40-44,49,63H,6-7,9,20-30,55H2,1-5H3,(H2,56,64)(H,57,66)(H,59,67)(H,60,65)/t33-,40-,41+,42+,43+,44+,49-/m1/s1. The zero-order valence-electron chi connectivity index (χ0n) is 42.0. The summed E-state index contributed by atoms with van der Waals surface area (Å²) in [5.74, 6) is -2.36. The van der Waals surface area contributed by atoms with Gasteiger partial charge in [0.15, 0.2) is 0 Å². The van der Waals surface area contributed by atoms with Crippen molar-refractivity contribution in [2.75, 3.05) is 24.7 Å². The molecule has 0 spiro atoms. The first-order valence-electron chi connectivity index (χ1n) is 25.0. The van der Waals surface area contributed by atoms with E-state index in [9.17, 15) is 33.9 Å². The number of rotatable bonds is 22. The van der Waals surface area contributed by atoms with Crippen molar-refractivity contribution in [3.63, 3.8) is 0 Å². The number of hydrogen-bond donors (Lipinski definition) is 6. The van der Waals surface area contributed by atoms with Crippen molar-refractivity contribution >= 4 is 52.5 Å². The zero-order chi connectivity index (χ0) is 51.7. The Kier molecular flexibility index (Phi) is 18.0. The van der Waals surface area contributed by atoms with E-state index >= 15 is 0 Å². The number of likely N-dealkylation sites (tertiary alicyclic amines) is 1. The minimum absolute atomic E-state index is 0.0195. The molecule has 72 heavy (non-hydrogen) atoms. The van der Waals surface area contributed by atoms with Crippen molar-refractivity contribution in [3.05, 3.63) is 106 Å². The largest absolute Gasteiger partial charge is 0.391 e. The number of primary amides is 1. The summed E-state index contributed by atoms with van der Waals surface area (Å²) in [6.07, 6.45) is 2.86. The topological polar surface area (TPSA) is 249 Å². The maximum atomic E-state index is 14.0. The summed E-state index contributed by atoms with van der Waals surface area (Å²) in [5.41, 5.74) is 20.5. The number of aliphatic hydroxyl groups excluding tert-OH is 1. The lowest BCUT2D eigenvalue weighted by Gasteiger charge is -2.35. The molecule has 1 fully saturated rings. The second-order valence-electron chi connectivity index (χ2n) is 20.4. The molecule has 0 aliphatic carbocycles. The van der Waals surface area contributed by atoms with Gasteiger partial charge in [-0.25, -0.2) is 4.98 Å². The number of unbranched alkanes of at least 4 members (excludes halogenated alkanes) is 1. The van der Waals surface area contributed by atoms with E-state index < -0.39 is 65.6 Å². The number of carbonyl (C=O) groups is 6. The van der Waals surface area contributed by atoms with E-state index in [1.165, 1.54) is 4.90 Å². The third-order valence-electron chi connectivity index (χ3n) is 13.8. The second kappa shape index (κ2) is 24.1. The number of aliphatic hydroxyl groups is 1. The van der Waals surface area contributed by atoms with E-state index in [4.69, 9.17) is 20.9 Å². The number of ether oxygens (including phenoxy) is 2. The summed E-state index contributed by atoms with van der Waals surface area (Å²) in [6, 6.07) is 17.9. The maximum absolute atomic E-state index is 14.0. The Morgan fingerprint density at radius 1 is 0.931 bits per heavy atom. The molecule has 6 amide bonds. The molecule has 3 aromatic carbocycles. The fourth-order valence-electron chi connectivity index (χ4n) is 9.69. The second-order valence-corrected chi connectivity index (χ2v) is 21.3. The van der Waals surface area contributed by atoms with Crippen LogP contribution in [0.3, 0.4) is 0 Å². The molecule has 386 valence electrons. The Hall–Kier alpha value is -6.05. The Morgan fingerprint density at radius 3 is 2.33 bits per heavy atom. The predicted octanol–water partition coefficient (Wildman–Crippen LogP) is 4.15. The normalized spacial score (nSPS) is 19.8. The number of anilines is 1. The van der Waals surface area contributed by atoms with Crippen molar-refractivity contribution in [1.29, 1.82) is 0 Å². The number of hydrogen-bond acceptors (Lipinski definition) is 12. The first kappa shape index (κ1) is 53.7. The van der Waals surface area contributed by atoms with Crippen molar-refractivity contribution in [3.8, 4) is 10.4 Å². The Bertz CT molecular complexity index is 2560. The van der Waals surface area contributed by atoms with Gasteiger partial charge in [-0.15, -0.1) is 11.3 Å². The molecule has 4 aromatic rings. The number of nitrogens with two attached hydrogens (primary N) is 2. The minimum Gasteiger partial charge on any atom is -0.391 e. The van der Waals surface area contributed by atoms with E-state index in [0.29, 0.717) is 32.3 Å². The quantitative estimate of drug-likeness (QED) is 0.0611.